The second-order valence-corrected chi connectivity index (χ2v) is 2.55. The Balaban J connectivity index is 3.39. The predicted octanol–water partition coefficient (Wildman–Crippen LogP) is -0.753. The van der Waals surface area contributed by atoms with E-state index in [1.54, 1.807) is 6.92 Å². The Morgan fingerprint density at radius 2 is 2.15 bits per heavy atom. The van der Waals surface area contributed by atoms with Crippen LogP contribution in [0.3, 0.4) is 0 Å². The summed E-state index contributed by atoms with van der Waals surface area (Å²) in [5.41, 5.74) is -0.146. The van der Waals surface area contributed by atoms with Crippen molar-refractivity contribution in [1.29, 1.82) is 0 Å². The first-order valence-corrected chi connectivity index (χ1v) is 3.66. The third-order valence-electron chi connectivity index (χ3n) is 1.84. The second-order valence-electron chi connectivity index (χ2n) is 2.55. The lowest BCUT2D eigenvalue weighted by molar-refractivity contribution is 0.191. The maximum absolute atomic E-state index is 11.3. The molecule has 1 aromatic heterocycles. The molecule has 0 aliphatic carbocycles. The van der Waals surface area contributed by atoms with E-state index >= 15 is 0 Å². The molecule has 0 amide bonds. The standard InChI is InChI=1S/C8H10N2O3/c1-3-4-9-6(2)7(12)10(5-11)8(9)13/h1,11-12H,4-5H2,2H3. The van der Waals surface area contributed by atoms with Crippen molar-refractivity contribution in [2.45, 2.75) is 20.2 Å². The van der Waals surface area contributed by atoms with Gasteiger partial charge in [0.15, 0.2) is 0 Å². The van der Waals surface area contributed by atoms with Crippen LogP contribution in [-0.4, -0.2) is 19.3 Å². The van der Waals surface area contributed by atoms with Gasteiger partial charge in [-0.1, -0.05) is 5.92 Å². The van der Waals surface area contributed by atoms with Crippen molar-refractivity contribution >= 4 is 0 Å². The molecule has 1 aromatic rings. The highest BCUT2D eigenvalue weighted by molar-refractivity contribution is 5.19. The summed E-state index contributed by atoms with van der Waals surface area (Å²) in [7, 11) is 0. The largest absolute Gasteiger partial charge is 0.493 e. The van der Waals surface area contributed by atoms with E-state index in [1.165, 1.54) is 4.57 Å². The Kier molecular flexibility index (Phi) is 2.44. The van der Waals surface area contributed by atoms with E-state index in [9.17, 15) is 9.90 Å². The maximum atomic E-state index is 11.3. The molecule has 0 unspecified atom stereocenters. The van der Waals surface area contributed by atoms with Crippen molar-refractivity contribution < 1.29 is 10.2 Å². The van der Waals surface area contributed by atoms with E-state index < -0.39 is 12.4 Å². The van der Waals surface area contributed by atoms with Gasteiger partial charge in [0.2, 0.25) is 5.88 Å². The molecular formula is C8H10N2O3. The maximum Gasteiger partial charge on any atom is 0.334 e. The lowest BCUT2D eigenvalue weighted by Gasteiger charge is -1.95. The van der Waals surface area contributed by atoms with Crippen LogP contribution < -0.4 is 5.69 Å². The van der Waals surface area contributed by atoms with Gasteiger partial charge in [-0.25, -0.2) is 9.36 Å². The molecule has 0 aliphatic rings. The summed E-state index contributed by atoms with van der Waals surface area (Å²) in [6, 6.07) is 0. The minimum absolute atomic E-state index is 0.0885. The number of hydrogen-bond donors (Lipinski definition) is 2. The summed E-state index contributed by atoms with van der Waals surface area (Å²) in [4.78, 5) is 11.3. The van der Waals surface area contributed by atoms with Crippen molar-refractivity contribution in [2.24, 2.45) is 0 Å². The van der Waals surface area contributed by atoms with Gasteiger partial charge < -0.3 is 10.2 Å². The number of imidazole rings is 1. The van der Waals surface area contributed by atoms with Gasteiger partial charge in [-0.05, 0) is 6.92 Å². The fourth-order valence-corrected chi connectivity index (χ4v) is 1.10. The molecule has 70 valence electrons. The molecule has 1 heterocycles. The van der Waals surface area contributed by atoms with Crippen LogP contribution in [0.15, 0.2) is 4.79 Å². The van der Waals surface area contributed by atoms with Crippen molar-refractivity contribution in [2.75, 3.05) is 0 Å². The molecule has 0 aliphatic heterocycles. The van der Waals surface area contributed by atoms with Crippen LogP contribution in [0.25, 0.3) is 0 Å². The topological polar surface area (TPSA) is 67.4 Å². The third-order valence-corrected chi connectivity index (χ3v) is 1.84. The summed E-state index contributed by atoms with van der Waals surface area (Å²) >= 11 is 0. The second kappa shape index (κ2) is 3.37. The first-order chi connectivity index (χ1) is 6.13. The molecule has 0 radical (unpaired) electrons. The van der Waals surface area contributed by atoms with E-state index in [4.69, 9.17) is 11.5 Å². The van der Waals surface area contributed by atoms with E-state index in [1.807, 2.05) is 0 Å². The van der Waals surface area contributed by atoms with Gasteiger partial charge in [0.25, 0.3) is 0 Å². The number of nitrogens with zero attached hydrogens (tertiary/aromatic N) is 2. The zero-order chi connectivity index (χ0) is 10.0. The zero-order valence-corrected chi connectivity index (χ0v) is 7.19. The molecule has 5 nitrogen and oxygen atoms in total. The number of aliphatic hydroxyl groups is 1. The Hall–Kier alpha value is -1.67. The number of aromatic nitrogens is 2. The number of terminal acetylenes is 1. The average molecular weight is 182 g/mol. The first kappa shape index (κ1) is 9.42. The normalized spacial score (nSPS) is 9.92. The number of aliphatic hydroxyl groups excluding tert-OH is 1. The highest BCUT2D eigenvalue weighted by atomic mass is 16.3. The van der Waals surface area contributed by atoms with Crippen molar-refractivity contribution in [1.82, 2.24) is 9.13 Å². The van der Waals surface area contributed by atoms with Crippen LogP contribution >= 0.6 is 0 Å². The summed E-state index contributed by atoms with van der Waals surface area (Å²) in [6.07, 6.45) is 5.04. The van der Waals surface area contributed by atoms with Crippen molar-refractivity contribution in [3.05, 3.63) is 16.2 Å². The van der Waals surface area contributed by atoms with Crippen LogP contribution in [0.2, 0.25) is 0 Å². The zero-order valence-electron chi connectivity index (χ0n) is 7.19. The highest BCUT2D eigenvalue weighted by Gasteiger charge is 2.13. The number of aromatic hydroxyl groups is 1. The minimum atomic E-state index is -0.553. The van der Waals surface area contributed by atoms with Crippen LogP contribution in [0.4, 0.5) is 0 Å². The molecule has 0 saturated heterocycles. The van der Waals surface area contributed by atoms with Gasteiger partial charge >= 0.3 is 5.69 Å². The Morgan fingerprint density at radius 3 is 2.54 bits per heavy atom. The average Bonchev–Trinajstić information content (AvgIpc) is 2.31. The Morgan fingerprint density at radius 1 is 1.54 bits per heavy atom. The van der Waals surface area contributed by atoms with E-state index in [0.717, 1.165) is 4.57 Å². The van der Waals surface area contributed by atoms with Gasteiger partial charge in [-0.2, -0.15) is 0 Å². The molecule has 0 bridgehead atoms. The number of hydrogen-bond acceptors (Lipinski definition) is 3. The van der Waals surface area contributed by atoms with Gasteiger partial charge in [0.05, 0.1) is 12.2 Å². The molecule has 0 saturated carbocycles. The van der Waals surface area contributed by atoms with Gasteiger partial charge in [-0.15, -0.1) is 6.42 Å². The van der Waals surface area contributed by atoms with E-state index in [2.05, 4.69) is 5.92 Å². The van der Waals surface area contributed by atoms with E-state index in [-0.39, 0.29) is 12.4 Å². The lowest BCUT2D eigenvalue weighted by atomic mass is 10.5. The van der Waals surface area contributed by atoms with Crippen molar-refractivity contribution in [3.8, 4) is 18.2 Å². The summed E-state index contributed by atoms with van der Waals surface area (Å²) < 4.78 is 2.05. The van der Waals surface area contributed by atoms with Gasteiger partial charge in [-0.3, -0.25) is 4.57 Å². The van der Waals surface area contributed by atoms with Crippen LogP contribution in [-0.2, 0) is 13.3 Å². The SMILES string of the molecule is C#CCn1c(C)c(O)n(CO)c1=O. The number of rotatable bonds is 2. The smallest absolute Gasteiger partial charge is 0.334 e. The molecule has 13 heavy (non-hydrogen) atoms. The molecule has 1 rings (SSSR count). The van der Waals surface area contributed by atoms with Gasteiger partial charge in [0, 0.05) is 0 Å². The molecule has 0 spiro atoms. The lowest BCUT2D eigenvalue weighted by Crippen LogP contribution is -2.24. The first-order valence-electron chi connectivity index (χ1n) is 3.66. The molecular weight excluding hydrogens is 172 g/mol. The molecule has 0 atom stereocenters. The fraction of sp³-hybridized carbons (Fsp3) is 0.375. The summed E-state index contributed by atoms with van der Waals surface area (Å²) in [6.45, 7) is 1.09. The predicted molar refractivity (Wildman–Crippen MR) is 46.1 cm³/mol. The molecule has 0 aromatic carbocycles. The molecule has 0 fully saturated rings. The van der Waals surface area contributed by atoms with Crippen LogP contribution in [0, 0.1) is 19.3 Å². The summed E-state index contributed by atoms with van der Waals surface area (Å²) in [5.74, 6) is 2.04. The Bertz CT molecular complexity index is 408. The third kappa shape index (κ3) is 1.32. The fourth-order valence-electron chi connectivity index (χ4n) is 1.10. The van der Waals surface area contributed by atoms with Crippen LogP contribution in [0.1, 0.15) is 5.69 Å². The molecule has 2 N–H and O–H groups in total. The minimum Gasteiger partial charge on any atom is -0.493 e. The monoisotopic (exact) mass is 182 g/mol. The highest BCUT2D eigenvalue weighted by Crippen LogP contribution is 2.12. The Labute approximate surface area is 74.9 Å². The van der Waals surface area contributed by atoms with Crippen LogP contribution in [0.5, 0.6) is 5.88 Å². The van der Waals surface area contributed by atoms with Gasteiger partial charge in [0.1, 0.15) is 6.73 Å². The molecule has 5 heteroatoms. The summed E-state index contributed by atoms with van der Waals surface area (Å²) in [5, 5.41) is 18.1. The van der Waals surface area contributed by atoms with E-state index in [0.29, 0.717) is 5.69 Å². The quantitative estimate of drug-likeness (QED) is 0.591. The van der Waals surface area contributed by atoms with Crippen molar-refractivity contribution in [3.63, 3.8) is 0 Å².